The van der Waals surface area contributed by atoms with Crippen LogP contribution in [0.5, 0.6) is 0 Å². The van der Waals surface area contributed by atoms with E-state index in [0.717, 1.165) is 53.5 Å². The van der Waals surface area contributed by atoms with Crippen molar-refractivity contribution in [3.8, 4) is 0 Å². The lowest BCUT2D eigenvalue weighted by molar-refractivity contribution is -0.141. The summed E-state index contributed by atoms with van der Waals surface area (Å²) in [6.07, 6.45) is 4.92. The van der Waals surface area contributed by atoms with E-state index in [0.29, 0.717) is 11.4 Å². The second-order valence-corrected chi connectivity index (χ2v) is 10.3. The number of aryl methyl sites for hydroxylation is 2. The van der Waals surface area contributed by atoms with E-state index in [1.807, 2.05) is 74.5 Å². The fraction of sp³-hybridized carbons (Fsp3) is 0.355. The maximum atomic E-state index is 14.0. The van der Waals surface area contributed by atoms with Crippen LogP contribution in [0.1, 0.15) is 53.5 Å². The number of hydrogen-bond donors (Lipinski definition) is 1. The van der Waals surface area contributed by atoms with E-state index in [1.54, 1.807) is 4.90 Å². The third kappa shape index (κ3) is 6.76. The van der Waals surface area contributed by atoms with E-state index in [4.69, 9.17) is 11.6 Å². The van der Waals surface area contributed by atoms with Crippen LogP contribution < -0.4 is 5.32 Å². The van der Waals surface area contributed by atoms with E-state index >= 15 is 0 Å². The van der Waals surface area contributed by atoms with E-state index in [2.05, 4.69) is 17.4 Å². The molecule has 0 bridgehead atoms. The largest absolute Gasteiger partial charge is 0.352 e. The van der Waals surface area contributed by atoms with Crippen LogP contribution in [0.2, 0.25) is 5.02 Å². The molecule has 0 saturated heterocycles. The zero-order chi connectivity index (χ0) is 25.5. The Kier molecular flexibility index (Phi) is 8.82. The predicted molar refractivity (Wildman–Crippen MR) is 146 cm³/mol. The lowest BCUT2D eigenvalue weighted by Crippen LogP contribution is -2.52. The number of benzene rings is 3. The van der Waals surface area contributed by atoms with Gasteiger partial charge in [0, 0.05) is 24.0 Å². The summed E-state index contributed by atoms with van der Waals surface area (Å²) >= 11 is 6.52. The molecule has 1 aliphatic carbocycles. The van der Waals surface area contributed by atoms with Crippen molar-refractivity contribution in [3.63, 3.8) is 0 Å². The first kappa shape index (κ1) is 26.0. The van der Waals surface area contributed by atoms with Crippen LogP contribution >= 0.6 is 11.6 Å². The van der Waals surface area contributed by atoms with Crippen LogP contribution in [-0.2, 0) is 29.0 Å². The molecule has 1 atom stereocenters. The Hall–Kier alpha value is -3.11. The quantitative estimate of drug-likeness (QED) is 0.379. The lowest BCUT2D eigenvalue weighted by atomic mass is 9.99. The monoisotopic (exact) mass is 502 g/mol. The van der Waals surface area contributed by atoms with Crippen molar-refractivity contribution in [1.82, 2.24) is 10.2 Å². The summed E-state index contributed by atoms with van der Waals surface area (Å²) in [5.74, 6) is -0.168. The van der Waals surface area contributed by atoms with Crippen LogP contribution in [0, 0.1) is 13.8 Å². The van der Waals surface area contributed by atoms with Gasteiger partial charge in [-0.15, -0.1) is 0 Å². The Bertz CT molecular complexity index is 1190. The van der Waals surface area contributed by atoms with E-state index in [9.17, 15) is 9.59 Å². The molecule has 0 radical (unpaired) electrons. The van der Waals surface area contributed by atoms with Crippen LogP contribution in [-0.4, -0.2) is 28.8 Å². The maximum Gasteiger partial charge on any atom is 0.243 e. The molecule has 0 spiro atoms. The smallest absolute Gasteiger partial charge is 0.243 e. The molecule has 1 saturated carbocycles. The summed E-state index contributed by atoms with van der Waals surface area (Å²) in [5.41, 5.74) is 5.02. The van der Waals surface area contributed by atoms with Crippen molar-refractivity contribution in [2.45, 2.75) is 71.0 Å². The van der Waals surface area contributed by atoms with Gasteiger partial charge < -0.3 is 10.2 Å². The van der Waals surface area contributed by atoms with Crippen molar-refractivity contribution < 1.29 is 9.59 Å². The zero-order valence-electron chi connectivity index (χ0n) is 21.2. The minimum absolute atomic E-state index is 0.0777. The average molecular weight is 503 g/mol. The first-order chi connectivity index (χ1) is 17.4. The number of halogens is 1. The summed E-state index contributed by atoms with van der Waals surface area (Å²) in [4.78, 5) is 29.5. The lowest BCUT2D eigenvalue weighted by Gasteiger charge is -2.33. The first-order valence-electron chi connectivity index (χ1n) is 12.8. The number of nitrogens with one attached hydrogen (secondary N) is 1. The van der Waals surface area contributed by atoms with Gasteiger partial charge in [0.15, 0.2) is 0 Å². The zero-order valence-corrected chi connectivity index (χ0v) is 21.9. The van der Waals surface area contributed by atoms with E-state index < -0.39 is 6.04 Å². The Morgan fingerprint density at radius 3 is 2.36 bits per heavy atom. The summed E-state index contributed by atoms with van der Waals surface area (Å²) < 4.78 is 0. The molecule has 0 heterocycles. The number of nitrogens with zero attached hydrogens (tertiary/aromatic N) is 1. The maximum absolute atomic E-state index is 14.0. The Morgan fingerprint density at radius 2 is 1.64 bits per heavy atom. The normalized spacial score (nSPS) is 14.4. The topological polar surface area (TPSA) is 49.4 Å². The molecule has 1 N–H and O–H groups in total. The van der Waals surface area contributed by atoms with Gasteiger partial charge in [-0.05, 0) is 55.0 Å². The van der Waals surface area contributed by atoms with Gasteiger partial charge in [-0.25, -0.2) is 0 Å². The summed E-state index contributed by atoms with van der Waals surface area (Å²) in [7, 11) is 0. The molecule has 188 valence electrons. The van der Waals surface area contributed by atoms with Crippen molar-refractivity contribution in [3.05, 3.63) is 106 Å². The van der Waals surface area contributed by atoms with Crippen molar-refractivity contribution in [2.24, 2.45) is 0 Å². The molecule has 4 rings (SSSR count). The van der Waals surface area contributed by atoms with Crippen LogP contribution in [0.25, 0.3) is 0 Å². The third-order valence-corrected chi connectivity index (χ3v) is 7.49. The molecule has 4 nitrogen and oxygen atoms in total. The van der Waals surface area contributed by atoms with Gasteiger partial charge in [0.2, 0.25) is 11.8 Å². The SMILES string of the molecule is Cc1ccc(C)c(CC(=O)N(Cc2ccccc2Cl)[C@@H](Cc2ccccc2)C(=O)NC2CCCC2)c1. The molecule has 0 aromatic heterocycles. The summed E-state index contributed by atoms with van der Waals surface area (Å²) in [6, 6.07) is 23.2. The Balaban J connectivity index is 1.69. The molecule has 5 heteroatoms. The third-order valence-electron chi connectivity index (χ3n) is 7.12. The fourth-order valence-electron chi connectivity index (χ4n) is 4.99. The van der Waals surface area contributed by atoms with Gasteiger partial charge in [-0.2, -0.15) is 0 Å². The second kappa shape index (κ2) is 12.2. The van der Waals surface area contributed by atoms with E-state index in [-0.39, 0.29) is 30.8 Å². The highest BCUT2D eigenvalue weighted by Gasteiger charge is 2.32. The number of carbonyl (C=O) groups is 2. The molecule has 3 aromatic rings. The average Bonchev–Trinajstić information content (AvgIpc) is 3.38. The molecule has 2 amide bonds. The van der Waals surface area contributed by atoms with Gasteiger partial charge in [0.25, 0.3) is 0 Å². The van der Waals surface area contributed by atoms with Crippen LogP contribution in [0.3, 0.4) is 0 Å². The van der Waals surface area contributed by atoms with Crippen LogP contribution in [0.4, 0.5) is 0 Å². The molecule has 3 aromatic carbocycles. The fourth-order valence-corrected chi connectivity index (χ4v) is 5.18. The summed E-state index contributed by atoms with van der Waals surface area (Å²) in [5, 5.41) is 3.85. The van der Waals surface area contributed by atoms with E-state index in [1.165, 1.54) is 0 Å². The van der Waals surface area contributed by atoms with Gasteiger partial charge >= 0.3 is 0 Å². The van der Waals surface area contributed by atoms with Crippen molar-refractivity contribution in [1.29, 1.82) is 0 Å². The van der Waals surface area contributed by atoms with Crippen LogP contribution in [0.15, 0.2) is 72.8 Å². The number of carbonyl (C=O) groups excluding carboxylic acids is 2. The van der Waals surface area contributed by atoms with Gasteiger partial charge in [-0.3, -0.25) is 9.59 Å². The minimum atomic E-state index is -0.637. The number of hydrogen-bond acceptors (Lipinski definition) is 2. The number of rotatable bonds is 9. The number of amides is 2. The molecular weight excluding hydrogens is 468 g/mol. The standard InChI is InChI=1S/C31H35ClN2O2/c1-22-16-17-23(2)26(18-22)20-30(35)34(21-25-12-6-9-15-28(25)32)29(19-24-10-4-3-5-11-24)31(36)33-27-13-7-8-14-27/h3-6,9-12,15-18,27,29H,7-8,13-14,19-21H2,1-2H3,(H,33,36)/t29-/m0/s1. The molecule has 36 heavy (non-hydrogen) atoms. The van der Waals surface area contributed by atoms with Gasteiger partial charge in [0.1, 0.15) is 6.04 Å². The summed E-state index contributed by atoms with van der Waals surface area (Å²) in [6.45, 7) is 4.33. The molecule has 0 unspecified atom stereocenters. The van der Waals surface area contributed by atoms with Crippen molar-refractivity contribution >= 4 is 23.4 Å². The second-order valence-electron chi connectivity index (χ2n) is 9.92. The highest BCUT2D eigenvalue weighted by atomic mass is 35.5. The molecule has 1 aliphatic rings. The highest BCUT2D eigenvalue weighted by molar-refractivity contribution is 6.31. The molecule has 1 fully saturated rings. The predicted octanol–water partition coefficient (Wildman–Crippen LogP) is 6.20. The Labute approximate surface area is 219 Å². The highest BCUT2D eigenvalue weighted by Crippen LogP contribution is 2.23. The van der Waals surface area contributed by atoms with Gasteiger partial charge in [0.05, 0.1) is 6.42 Å². The van der Waals surface area contributed by atoms with Crippen molar-refractivity contribution in [2.75, 3.05) is 0 Å². The minimum Gasteiger partial charge on any atom is -0.352 e. The molecular formula is C31H35ClN2O2. The van der Waals surface area contributed by atoms with Gasteiger partial charge in [-0.1, -0.05) is 96.7 Å². The first-order valence-corrected chi connectivity index (χ1v) is 13.2. The Morgan fingerprint density at radius 1 is 0.944 bits per heavy atom. The molecule has 0 aliphatic heterocycles.